The topological polar surface area (TPSA) is 33.0 Å². The number of hydrogen-bond donors (Lipinski definition) is 0. The second-order valence-electron chi connectivity index (χ2n) is 3.74. The molecular weight excluding hydrogens is 253 g/mol. The van der Waals surface area contributed by atoms with Crippen LogP contribution in [0.25, 0.3) is 0 Å². The number of nitriles is 1. The van der Waals surface area contributed by atoms with Crippen LogP contribution in [0.4, 0.5) is 4.39 Å². The van der Waals surface area contributed by atoms with Crippen molar-refractivity contribution in [1.29, 1.82) is 5.26 Å². The predicted molar refractivity (Wildman–Crippen MR) is 67.4 cm³/mol. The van der Waals surface area contributed by atoms with Gasteiger partial charge in [0.15, 0.2) is 0 Å². The molecule has 0 amide bonds. The molecule has 0 heterocycles. The van der Waals surface area contributed by atoms with Crippen LogP contribution in [0.5, 0.6) is 11.5 Å². The molecule has 0 radical (unpaired) electrons. The second-order valence-corrected chi connectivity index (χ2v) is 4.17. The molecule has 0 aromatic heterocycles. The summed E-state index contributed by atoms with van der Waals surface area (Å²) in [5, 5.41) is 9.50. The van der Waals surface area contributed by atoms with Crippen LogP contribution >= 0.6 is 11.6 Å². The van der Waals surface area contributed by atoms with E-state index in [0.29, 0.717) is 10.8 Å². The Labute approximate surface area is 109 Å². The molecule has 0 spiro atoms. The minimum atomic E-state index is -0.596. The van der Waals surface area contributed by atoms with Gasteiger partial charge in [-0.2, -0.15) is 5.26 Å². The third kappa shape index (κ3) is 2.44. The Hall–Kier alpha value is -2.05. The van der Waals surface area contributed by atoms with Crippen LogP contribution in [-0.2, 0) is 0 Å². The molecule has 0 fully saturated rings. The van der Waals surface area contributed by atoms with E-state index < -0.39 is 5.82 Å². The Morgan fingerprint density at radius 3 is 2.67 bits per heavy atom. The van der Waals surface area contributed by atoms with Crippen LogP contribution in [0.15, 0.2) is 36.4 Å². The highest BCUT2D eigenvalue weighted by Gasteiger charge is 2.10. The lowest BCUT2D eigenvalue weighted by Gasteiger charge is -2.10. The highest BCUT2D eigenvalue weighted by molar-refractivity contribution is 6.30. The number of aryl methyl sites for hydroxylation is 1. The summed E-state index contributed by atoms with van der Waals surface area (Å²) in [4.78, 5) is 0. The number of benzene rings is 2. The summed E-state index contributed by atoms with van der Waals surface area (Å²) in [5.74, 6) is 0.144. The lowest BCUT2D eigenvalue weighted by atomic mass is 10.2. The zero-order valence-corrected chi connectivity index (χ0v) is 10.3. The van der Waals surface area contributed by atoms with Crippen LogP contribution in [0.3, 0.4) is 0 Å². The molecule has 0 bridgehead atoms. The predicted octanol–water partition coefficient (Wildman–Crippen LogP) is 4.45. The van der Waals surface area contributed by atoms with Gasteiger partial charge >= 0.3 is 0 Å². The van der Waals surface area contributed by atoms with Crippen molar-refractivity contribution >= 4 is 11.6 Å². The van der Waals surface area contributed by atoms with Crippen molar-refractivity contribution < 1.29 is 9.13 Å². The summed E-state index contributed by atoms with van der Waals surface area (Å²) in [7, 11) is 0. The summed E-state index contributed by atoms with van der Waals surface area (Å²) >= 11 is 5.84. The smallest absolute Gasteiger partial charge is 0.148 e. The molecule has 90 valence electrons. The van der Waals surface area contributed by atoms with Gasteiger partial charge in [-0.1, -0.05) is 17.7 Å². The summed E-state index contributed by atoms with van der Waals surface area (Å²) in [6.45, 7) is 1.83. The Bertz CT molecular complexity index is 634. The molecule has 2 aromatic rings. The number of ether oxygens (including phenoxy) is 1. The molecule has 0 aliphatic carbocycles. The van der Waals surface area contributed by atoms with Crippen LogP contribution < -0.4 is 4.74 Å². The molecule has 2 nitrogen and oxygen atoms in total. The molecule has 0 unspecified atom stereocenters. The maximum atomic E-state index is 13.4. The summed E-state index contributed by atoms with van der Waals surface area (Å²) in [6, 6.07) is 11.2. The zero-order chi connectivity index (χ0) is 13.1. The lowest BCUT2D eigenvalue weighted by molar-refractivity contribution is 0.471. The average molecular weight is 262 g/mol. The quantitative estimate of drug-likeness (QED) is 0.800. The molecular formula is C14H9ClFNO. The van der Waals surface area contributed by atoms with E-state index in [0.717, 1.165) is 5.56 Å². The van der Waals surface area contributed by atoms with E-state index in [4.69, 9.17) is 21.6 Å². The number of rotatable bonds is 2. The van der Waals surface area contributed by atoms with Crippen LogP contribution in [-0.4, -0.2) is 0 Å². The van der Waals surface area contributed by atoms with Crippen molar-refractivity contribution in [3.63, 3.8) is 0 Å². The minimum absolute atomic E-state index is 0.105. The fourth-order valence-electron chi connectivity index (χ4n) is 1.54. The van der Waals surface area contributed by atoms with Gasteiger partial charge in [-0.05, 0) is 42.8 Å². The van der Waals surface area contributed by atoms with Gasteiger partial charge in [0.1, 0.15) is 28.9 Å². The molecule has 0 saturated heterocycles. The Morgan fingerprint density at radius 2 is 2.00 bits per heavy atom. The first-order valence-electron chi connectivity index (χ1n) is 5.24. The molecule has 18 heavy (non-hydrogen) atoms. The van der Waals surface area contributed by atoms with Crippen molar-refractivity contribution in [2.45, 2.75) is 6.92 Å². The van der Waals surface area contributed by atoms with E-state index in [2.05, 4.69) is 0 Å². The van der Waals surface area contributed by atoms with Gasteiger partial charge in [-0.25, -0.2) is 4.39 Å². The van der Waals surface area contributed by atoms with Crippen LogP contribution in [0.1, 0.15) is 11.1 Å². The lowest BCUT2D eigenvalue weighted by Crippen LogP contribution is -1.93. The third-order valence-electron chi connectivity index (χ3n) is 2.44. The van der Waals surface area contributed by atoms with Gasteiger partial charge in [-0.15, -0.1) is 0 Å². The van der Waals surface area contributed by atoms with Crippen LogP contribution in [0.2, 0.25) is 5.02 Å². The second kappa shape index (κ2) is 5.07. The third-order valence-corrected chi connectivity index (χ3v) is 2.68. The van der Waals surface area contributed by atoms with Crippen molar-refractivity contribution in [3.8, 4) is 17.6 Å². The van der Waals surface area contributed by atoms with E-state index in [1.807, 2.05) is 6.92 Å². The molecule has 2 rings (SSSR count). The monoisotopic (exact) mass is 261 g/mol. The maximum Gasteiger partial charge on any atom is 0.148 e. The molecule has 0 atom stereocenters. The Kier molecular flexibility index (Phi) is 3.50. The first-order valence-corrected chi connectivity index (χ1v) is 5.62. The standard InChI is InChI=1S/C14H9ClFNO/c1-9-7-10(15)5-6-13(9)18-14-4-2-3-12(16)11(14)8-17/h2-7H,1H3. The molecule has 0 aliphatic rings. The van der Waals surface area contributed by atoms with Crippen molar-refractivity contribution in [2.24, 2.45) is 0 Å². The fourth-order valence-corrected chi connectivity index (χ4v) is 1.77. The summed E-state index contributed by atoms with van der Waals surface area (Å²) in [6.07, 6.45) is 0. The van der Waals surface area contributed by atoms with E-state index in [1.165, 1.54) is 12.1 Å². The van der Waals surface area contributed by atoms with Crippen molar-refractivity contribution in [3.05, 3.63) is 58.4 Å². The number of nitrogens with zero attached hydrogens (tertiary/aromatic N) is 1. The van der Waals surface area contributed by atoms with Crippen molar-refractivity contribution in [2.75, 3.05) is 0 Å². The van der Waals surface area contributed by atoms with Gasteiger partial charge < -0.3 is 4.74 Å². The van der Waals surface area contributed by atoms with Gasteiger partial charge in [-0.3, -0.25) is 0 Å². The van der Waals surface area contributed by atoms with E-state index >= 15 is 0 Å². The molecule has 0 saturated carbocycles. The van der Waals surface area contributed by atoms with Crippen molar-refractivity contribution in [1.82, 2.24) is 0 Å². The SMILES string of the molecule is Cc1cc(Cl)ccc1Oc1cccc(F)c1C#N. The van der Waals surface area contributed by atoms with Gasteiger partial charge in [0, 0.05) is 5.02 Å². The average Bonchev–Trinajstić information content (AvgIpc) is 2.33. The highest BCUT2D eigenvalue weighted by atomic mass is 35.5. The maximum absolute atomic E-state index is 13.4. The van der Waals surface area contributed by atoms with E-state index in [1.54, 1.807) is 30.3 Å². The van der Waals surface area contributed by atoms with Crippen LogP contribution in [0, 0.1) is 24.1 Å². The van der Waals surface area contributed by atoms with E-state index in [-0.39, 0.29) is 11.3 Å². The normalized spacial score (nSPS) is 9.89. The summed E-state index contributed by atoms with van der Waals surface area (Å²) < 4.78 is 18.9. The largest absolute Gasteiger partial charge is 0.456 e. The first kappa shape index (κ1) is 12.4. The molecule has 4 heteroatoms. The number of hydrogen-bond acceptors (Lipinski definition) is 2. The van der Waals surface area contributed by atoms with Gasteiger partial charge in [0.25, 0.3) is 0 Å². The Balaban J connectivity index is 2.41. The molecule has 2 aromatic carbocycles. The Morgan fingerprint density at radius 1 is 1.22 bits per heavy atom. The molecule has 0 N–H and O–H groups in total. The minimum Gasteiger partial charge on any atom is -0.456 e. The summed E-state index contributed by atoms with van der Waals surface area (Å²) in [5.41, 5.74) is 0.711. The van der Waals surface area contributed by atoms with Gasteiger partial charge in [0.05, 0.1) is 0 Å². The zero-order valence-electron chi connectivity index (χ0n) is 9.58. The van der Waals surface area contributed by atoms with E-state index in [9.17, 15) is 4.39 Å². The first-order chi connectivity index (χ1) is 8.61. The van der Waals surface area contributed by atoms with Gasteiger partial charge in [0.2, 0.25) is 0 Å². The fraction of sp³-hybridized carbons (Fsp3) is 0.0714. The number of halogens is 2. The highest BCUT2D eigenvalue weighted by Crippen LogP contribution is 2.30. The molecule has 0 aliphatic heterocycles.